The monoisotopic (exact) mass is 249 g/mol. The van der Waals surface area contributed by atoms with Gasteiger partial charge in [0.05, 0.1) is 0 Å². The minimum absolute atomic E-state index is 0.804. The molecule has 0 bridgehead atoms. The first kappa shape index (κ1) is 14.2. The zero-order valence-corrected chi connectivity index (χ0v) is 11.9. The van der Waals surface area contributed by atoms with E-state index in [-0.39, 0.29) is 0 Å². The number of hydrogen-bond donors (Lipinski definition) is 1. The van der Waals surface area contributed by atoms with Gasteiger partial charge in [-0.25, -0.2) is 0 Å². The smallest absolute Gasteiger partial charge is 0.0411 e. The summed E-state index contributed by atoms with van der Waals surface area (Å²) >= 11 is 2.01. The van der Waals surface area contributed by atoms with Crippen molar-refractivity contribution in [2.75, 3.05) is 18.1 Å². The maximum atomic E-state index is 3.85. The van der Waals surface area contributed by atoms with Crippen LogP contribution in [-0.4, -0.2) is 12.8 Å². The van der Waals surface area contributed by atoms with E-state index in [2.05, 4.69) is 43.9 Å². The van der Waals surface area contributed by atoms with Gasteiger partial charge in [0, 0.05) is 18.5 Å². The zero-order valence-electron chi connectivity index (χ0n) is 11.1. The molecule has 1 aromatic rings. The molecule has 0 aromatic heterocycles. The summed E-state index contributed by atoms with van der Waals surface area (Å²) in [5.41, 5.74) is 3.72. The van der Waals surface area contributed by atoms with Crippen LogP contribution in [0.15, 0.2) is 24.8 Å². The third-order valence-corrected chi connectivity index (χ3v) is 3.78. The molecule has 0 heterocycles. The molecule has 1 aromatic carbocycles. The van der Waals surface area contributed by atoms with Gasteiger partial charge >= 0.3 is 0 Å². The van der Waals surface area contributed by atoms with Crippen molar-refractivity contribution in [1.29, 1.82) is 0 Å². The summed E-state index contributed by atoms with van der Waals surface area (Å²) < 4.78 is 0. The molecule has 2 heteroatoms. The van der Waals surface area contributed by atoms with Gasteiger partial charge < -0.3 is 5.32 Å². The molecule has 0 aliphatic heterocycles. The summed E-state index contributed by atoms with van der Waals surface area (Å²) in [5.74, 6) is 3.14. The van der Waals surface area contributed by atoms with E-state index in [1.165, 1.54) is 23.3 Å². The first-order valence-electron chi connectivity index (χ1n) is 6.18. The fourth-order valence-corrected chi connectivity index (χ4v) is 2.81. The van der Waals surface area contributed by atoms with E-state index in [1.807, 2.05) is 24.9 Å². The number of thioether (sulfide) groups is 1. The van der Waals surface area contributed by atoms with Gasteiger partial charge in [-0.05, 0) is 41.4 Å². The fraction of sp³-hybridized carbons (Fsp3) is 0.467. The average Bonchev–Trinajstić information content (AvgIpc) is 2.34. The molecule has 1 N–H and O–H groups in total. The van der Waals surface area contributed by atoms with E-state index in [0.29, 0.717) is 0 Å². The second-order valence-electron chi connectivity index (χ2n) is 4.61. The predicted octanol–water partition coefficient (Wildman–Crippen LogP) is 4.65. The molecule has 0 amide bonds. The second-order valence-corrected chi connectivity index (χ2v) is 5.72. The molecule has 17 heavy (non-hydrogen) atoms. The van der Waals surface area contributed by atoms with Crippen molar-refractivity contribution in [3.05, 3.63) is 35.9 Å². The van der Waals surface area contributed by atoms with Crippen LogP contribution in [0.1, 0.15) is 31.4 Å². The molecule has 0 aliphatic rings. The Balaban J connectivity index is 2.51. The van der Waals surface area contributed by atoms with Crippen molar-refractivity contribution < 1.29 is 0 Å². The molecule has 94 valence electrons. The minimum Gasteiger partial charge on any atom is -0.388 e. The molecule has 0 radical (unpaired) electrons. The molecule has 0 unspecified atom stereocenters. The molecule has 0 atom stereocenters. The van der Waals surface area contributed by atoms with Crippen LogP contribution in [0.3, 0.4) is 0 Å². The van der Waals surface area contributed by atoms with E-state index in [1.54, 1.807) is 0 Å². The molecule has 0 aliphatic carbocycles. The Hall–Kier alpha value is -0.890. The maximum absolute atomic E-state index is 3.85. The summed E-state index contributed by atoms with van der Waals surface area (Å²) in [7, 11) is 1.94. The predicted molar refractivity (Wildman–Crippen MR) is 81.7 cm³/mol. The Kier molecular flexibility index (Phi) is 6.20. The van der Waals surface area contributed by atoms with Crippen molar-refractivity contribution in [2.24, 2.45) is 5.92 Å². The van der Waals surface area contributed by atoms with Crippen LogP contribution in [0.25, 0.3) is 6.08 Å². The third-order valence-electron chi connectivity index (χ3n) is 2.71. The second kappa shape index (κ2) is 7.44. The van der Waals surface area contributed by atoms with Crippen molar-refractivity contribution >= 4 is 23.5 Å². The number of hydrogen-bond acceptors (Lipinski definition) is 2. The Morgan fingerprint density at radius 3 is 2.76 bits per heavy atom. The van der Waals surface area contributed by atoms with Crippen molar-refractivity contribution in [3.63, 3.8) is 0 Å². The van der Waals surface area contributed by atoms with Crippen LogP contribution < -0.4 is 5.32 Å². The van der Waals surface area contributed by atoms with Crippen LogP contribution in [0.2, 0.25) is 0 Å². The van der Waals surface area contributed by atoms with E-state index in [9.17, 15) is 0 Å². The van der Waals surface area contributed by atoms with Gasteiger partial charge in [-0.1, -0.05) is 32.6 Å². The Morgan fingerprint density at radius 2 is 2.18 bits per heavy atom. The number of benzene rings is 1. The summed E-state index contributed by atoms with van der Waals surface area (Å²) in [5, 5.41) is 3.18. The molecular formula is C15H23NS. The third kappa shape index (κ3) is 4.86. The largest absolute Gasteiger partial charge is 0.388 e. The van der Waals surface area contributed by atoms with Crippen LogP contribution in [-0.2, 0) is 5.75 Å². The van der Waals surface area contributed by atoms with E-state index < -0.39 is 0 Å². The highest BCUT2D eigenvalue weighted by molar-refractivity contribution is 7.98. The lowest BCUT2D eigenvalue weighted by Gasteiger charge is -2.09. The summed E-state index contributed by atoms with van der Waals surface area (Å²) in [6, 6.07) is 6.55. The molecule has 0 saturated carbocycles. The van der Waals surface area contributed by atoms with Gasteiger partial charge in [0.2, 0.25) is 0 Å². The average molecular weight is 249 g/mol. The molecule has 0 spiro atoms. The van der Waals surface area contributed by atoms with Crippen molar-refractivity contribution in [2.45, 2.75) is 26.0 Å². The lowest BCUT2D eigenvalue weighted by atomic mass is 10.1. The van der Waals surface area contributed by atoms with Crippen molar-refractivity contribution in [3.8, 4) is 0 Å². The first-order valence-corrected chi connectivity index (χ1v) is 7.33. The number of anilines is 1. The van der Waals surface area contributed by atoms with Crippen LogP contribution in [0, 0.1) is 5.92 Å². The van der Waals surface area contributed by atoms with Gasteiger partial charge in [0.1, 0.15) is 0 Å². The minimum atomic E-state index is 0.804. The molecular weight excluding hydrogens is 226 g/mol. The van der Waals surface area contributed by atoms with Gasteiger partial charge in [-0.15, -0.1) is 0 Å². The van der Waals surface area contributed by atoms with Gasteiger partial charge in [-0.3, -0.25) is 0 Å². The van der Waals surface area contributed by atoms with E-state index >= 15 is 0 Å². The molecule has 0 saturated heterocycles. The van der Waals surface area contributed by atoms with E-state index in [0.717, 1.165) is 17.4 Å². The molecule has 0 fully saturated rings. The first-order chi connectivity index (χ1) is 8.17. The Bertz CT molecular complexity index is 358. The quantitative estimate of drug-likeness (QED) is 0.706. The van der Waals surface area contributed by atoms with Crippen molar-refractivity contribution in [1.82, 2.24) is 0 Å². The topological polar surface area (TPSA) is 12.0 Å². The Labute approximate surface area is 110 Å². The standard InChI is InChI=1S/C15H23NS/c1-5-14-10-13(6-7-15(14)16-4)11-17-9-8-12(2)3/h5-7,10,12,16H,1,8-9,11H2,2-4H3. The van der Waals surface area contributed by atoms with Gasteiger partial charge in [0.15, 0.2) is 0 Å². The zero-order chi connectivity index (χ0) is 12.7. The molecule has 1 nitrogen and oxygen atoms in total. The normalized spacial score (nSPS) is 10.6. The van der Waals surface area contributed by atoms with Crippen LogP contribution >= 0.6 is 11.8 Å². The number of nitrogens with one attached hydrogen (secondary N) is 1. The molecule has 1 rings (SSSR count). The lowest BCUT2D eigenvalue weighted by molar-refractivity contribution is 0.632. The Morgan fingerprint density at radius 1 is 1.41 bits per heavy atom. The fourth-order valence-electron chi connectivity index (χ4n) is 1.61. The van der Waals surface area contributed by atoms with Crippen LogP contribution in [0.5, 0.6) is 0 Å². The number of rotatable bonds is 7. The maximum Gasteiger partial charge on any atom is 0.0411 e. The van der Waals surface area contributed by atoms with Gasteiger partial charge in [0.25, 0.3) is 0 Å². The highest BCUT2D eigenvalue weighted by atomic mass is 32.2. The summed E-state index contributed by atoms with van der Waals surface area (Å²) in [4.78, 5) is 0. The SMILES string of the molecule is C=Cc1cc(CSCCC(C)C)ccc1NC. The lowest BCUT2D eigenvalue weighted by Crippen LogP contribution is -1.94. The van der Waals surface area contributed by atoms with Gasteiger partial charge in [-0.2, -0.15) is 11.8 Å². The summed E-state index contributed by atoms with van der Waals surface area (Å²) in [6.07, 6.45) is 3.21. The van der Waals surface area contributed by atoms with Crippen LogP contribution in [0.4, 0.5) is 5.69 Å². The van der Waals surface area contributed by atoms with E-state index in [4.69, 9.17) is 0 Å². The highest BCUT2D eigenvalue weighted by Gasteiger charge is 2.00. The highest BCUT2D eigenvalue weighted by Crippen LogP contribution is 2.22. The summed E-state index contributed by atoms with van der Waals surface area (Å²) in [6.45, 7) is 8.41.